The lowest BCUT2D eigenvalue weighted by Crippen LogP contribution is -2.45. The highest BCUT2D eigenvalue weighted by molar-refractivity contribution is 6.02. The van der Waals surface area contributed by atoms with Crippen LogP contribution in [0.3, 0.4) is 0 Å². The third-order valence-corrected chi connectivity index (χ3v) is 4.84. The fraction of sp³-hybridized carbons (Fsp3) is 0.562. The van der Waals surface area contributed by atoms with Gasteiger partial charge in [0, 0.05) is 23.3 Å². The Balaban J connectivity index is 1.42. The van der Waals surface area contributed by atoms with Crippen molar-refractivity contribution in [2.45, 2.75) is 43.8 Å². The van der Waals surface area contributed by atoms with Crippen LogP contribution in [0.4, 0.5) is 10.1 Å². The molecule has 1 unspecified atom stereocenters. The number of piperidine rings is 1. The number of benzene rings is 1. The third-order valence-electron chi connectivity index (χ3n) is 4.84. The molecular formula is C16H20FN3O. The lowest BCUT2D eigenvalue weighted by molar-refractivity contribution is -0.118. The Kier molecular flexibility index (Phi) is 3.19. The minimum Gasteiger partial charge on any atom is -0.324 e. The van der Waals surface area contributed by atoms with Gasteiger partial charge in [-0.1, -0.05) is 6.07 Å². The summed E-state index contributed by atoms with van der Waals surface area (Å²) >= 11 is 0. The van der Waals surface area contributed by atoms with E-state index in [4.69, 9.17) is 0 Å². The molecule has 112 valence electrons. The molecule has 1 saturated carbocycles. The fourth-order valence-electron chi connectivity index (χ4n) is 3.51. The Morgan fingerprint density at radius 1 is 1.19 bits per heavy atom. The standard InChI is InChI=1S/C16H20FN3O/c17-10-1-4-13-14(9-10)19-16(21)15(13)18-11-5-7-20(8-6-11)12-2-3-12/h1,4,9,11-12,15,18H,2-3,5-8H2,(H,19,21). The number of halogens is 1. The van der Waals surface area contributed by atoms with E-state index in [-0.39, 0.29) is 17.8 Å². The van der Waals surface area contributed by atoms with Gasteiger partial charge in [-0.2, -0.15) is 0 Å². The lowest BCUT2D eigenvalue weighted by Gasteiger charge is -2.33. The molecule has 2 aliphatic heterocycles. The smallest absolute Gasteiger partial charge is 0.246 e. The molecule has 21 heavy (non-hydrogen) atoms. The second-order valence-corrected chi connectivity index (χ2v) is 6.36. The molecule has 1 aliphatic carbocycles. The van der Waals surface area contributed by atoms with Gasteiger partial charge in [0.05, 0.1) is 0 Å². The number of nitrogens with zero attached hydrogens (tertiary/aromatic N) is 1. The van der Waals surface area contributed by atoms with Crippen LogP contribution in [0.1, 0.15) is 37.3 Å². The maximum absolute atomic E-state index is 13.2. The van der Waals surface area contributed by atoms with E-state index < -0.39 is 0 Å². The average molecular weight is 289 g/mol. The predicted octanol–water partition coefficient (Wildman–Crippen LogP) is 2.04. The minimum absolute atomic E-state index is 0.0692. The summed E-state index contributed by atoms with van der Waals surface area (Å²) in [6.07, 6.45) is 4.86. The van der Waals surface area contributed by atoms with E-state index in [0.29, 0.717) is 11.7 Å². The summed E-state index contributed by atoms with van der Waals surface area (Å²) in [5.41, 5.74) is 1.47. The highest BCUT2D eigenvalue weighted by Crippen LogP contribution is 2.33. The van der Waals surface area contributed by atoms with Crippen LogP contribution in [0.15, 0.2) is 18.2 Å². The quantitative estimate of drug-likeness (QED) is 0.895. The number of amides is 1. The van der Waals surface area contributed by atoms with Crippen LogP contribution < -0.4 is 10.6 Å². The predicted molar refractivity (Wildman–Crippen MR) is 78.5 cm³/mol. The van der Waals surface area contributed by atoms with Crippen LogP contribution in [0.25, 0.3) is 0 Å². The molecular weight excluding hydrogens is 269 g/mol. The van der Waals surface area contributed by atoms with Crippen LogP contribution in [0.2, 0.25) is 0 Å². The molecule has 1 saturated heterocycles. The molecule has 5 heteroatoms. The van der Waals surface area contributed by atoms with Crippen molar-refractivity contribution in [2.24, 2.45) is 0 Å². The van der Waals surface area contributed by atoms with E-state index >= 15 is 0 Å². The number of anilines is 1. The molecule has 0 aromatic heterocycles. The number of hydrogen-bond donors (Lipinski definition) is 2. The molecule has 0 radical (unpaired) electrons. The van der Waals surface area contributed by atoms with Gasteiger partial charge in [0.1, 0.15) is 11.9 Å². The number of rotatable bonds is 3. The van der Waals surface area contributed by atoms with Gasteiger partial charge in [-0.25, -0.2) is 4.39 Å². The Labute approximate surface area is 123 Å². The molecule has 0 bridgehead atoms. The van der Waals surface area contributed by atoms with Gasteiger partial charge < -0.3 is 10.2 Å². The number of carbonyl (C=O) groups excluding carboxylic acids is 1. The van der Waals surface area contributed by atoms with Crippen LogP contribution in [0.5, 0.6) is 0 Å². The van der Waals surface area contributed by atoms with Gasteiger partial charge in [0.25, 0.3) is 0 Å². The van der Waals surface area contributed by atoms with E-state index in [0.717, 1.165) is 37.5 Å². The summed E-state index contributed by atoms with van der Waals surface area (Å²) in [4.78, 5) is 14.7. The largest absolute Gasteiger partial charge is 0.324 e. The van der Waals surface area contributed by atoms with Crippen molar-refractivity contribution in [3.8, 4) is 0 Å². The summed E-state index contributed by atoms with van der Waals surface area (Å²) in [6.45, 7) is 2.24. The Morgan fingerprint density at radius 2 is 1.95 bits per heavy atom. The summed E-state index contributed by atoms with van der Waals surface area (Å²) in [5.74, 6) is -0.382. The van der Waals surface area contributed by atoms with Gasteiger partial charge in [0.2, 0.25) is 5.91 Å². The molecule has 2 fully saturated rings. The number of hydrogen-bond acceptors (Lipinski definition) is 3. The highest BCUT2D eigenvalue weighted by Gasteiger charge is 2.35. The Hall–Kier alpha value is -1.46. The maximum Gasteiger partial charge on any atom is 0.246 e. The van der Waals surface area contributed by atoms with E-state index in [2.05, 4.69) is 15.5 Å². The normalized spacial score (nSPS) is 26.7. The summed E-state index contributed by atoms with van der Waals surface area (Å²) in [5, 5.41) is 6.22. The van der Waals surface area contributed by atoms with Crippen LogP contribution in [-0.2, 0) is 4.79 Å². The van der Waals surface area contributed by atoms with Crippen molar-refractivity contribution in [3.05, 3.63) is 29.6 Å². The van der Waals surface area contributed by atoms with Gasteiger partial charge in [-0.05, 0) is 50.9 Å². The first-order valence-corrected chi connectivity index (χ1v) is 7.81. The van der Waals surface area contributed by atoms with Gasteiger partial charge >= 0.3 is 0 Å². The molecule has 1 aromatic carbocycles. The maximum atomic E-state index is 13.2. The molecule has 1 aromatic rings. The molecule has 3 aliphatic rings. The van der Waals surface area contributed by atoms with Crippen molar-refractivity contribution < 1.29 is 9.18 Å². The second kappa shape index (κ2) is 5.07. The Bertz CT molecular complexity index is 565. The van der Waals surface area contributed by atoms with Gasteiger partial charge in [-0.15, -0.1) is 0 Å². The van der Waals surface area contributed by atoms with Crippen molar-refractivity contribution in [3.63, 3.8) is 0 Å². The summed E-state index contributed by atoms with van der Waals surface area (Å²) in [6, 6.07) is 5.38. The van der Waals surface area contributed by atoms with E-state index in [9.17, 15) is 9.18 Å². The molecule has 1 atom stereocenters. The molecule has 0 spiro atoms. The number of likely N-dealkylation sites (tertiary alicyclic amines) is 1. The van der Waals surface area contributed by atoms with Crippen molar-refractivity contribution in [2.75, 3.05) is 18.4 Å². The average Bonchev–Trinajstić information content (AvgIpc) is 3.27. The SMILES string of the molecule is O=C1Nc2cc(F)ccc2C1NC1CCN(C2CC2)CC1. The number of fused-ring (bicyclic) bond motifs is 1. The summed E-state index contributed by atoms with van der Waals surface area (Å²) < 4.78 is 13.2. The molecule has 1 amide bonds. The van der Waals surface area contributed by atoms with Gasteiger partial charge in [0.15, 0.2) is 0 Å². The second-order valence-electron chi connectivity index (χ2n) is 6.36. The zero-order chi connectivity index (χ0) is 14.4. The molecule has 4 rings (SSSR count). The first-order chi connectivity index (χ1) is 10.2. The van der Waals surface area contributed by atoms with Gasteiger partial charge in [-0.3, -0.25) is 10.1 Å². The van der Waals surface area contributed by atoms with Crippen LogP contribution >= 0.6 is 0 Å². The van der Waals surface area contributed by atoms with E-state index in [1.54, 1.807) is 6.07 Å². The van der Waals surface area contributed by atoms with Crippen LogP contribution in [-0.4, -0.2) is 36.0 Å². The summed E-state index contributed by atoms with van der Waals surface area (Å²) in [7, 11) is 0. The number of carbonyl (C=O) groups is 1. The lowest BCUT2D eigenvalue weighted by atomic mass is 10.0. The first-order valence-electron chi connectivity index (χ1n) is 7.81. The molecule has 4 nitrogen and oxygen atoms in total. The minimum atomic E-state index is -0.335. The van der Waals surface area contributed by atoms with E-state index in [1.807, 2.05) is 0 Å². The topological polar surface area (TPSA) is 44.4 Å². The van der Waals surface area contributed by atoms with Crippen molar-refractivity contribution in [1.29, 1.82) is 0 Å². The Morgan fingerprint density at radius 3 is 2.67 bits per heavy atom. The van der Waals surface area contributed by atoms with Crippen molar-refractivity contribution in [1.82, 2.24) is 10.2 Å². The zero-order valence-electron chi connectivity index (χ0n) is 11.9. The third kappa shape index (κ3) is 2.56. The first kappa shape index (κ1) is 13.2. The number of nitrogens with one attached hydrogen (secondary N) is 2. The van der Waals surface area contributed by atoms with Crippen molar-refractivity contribution >= 4 is 11.6 Å². The fourth-order valence-corrected chi connectivity index (χ4v) is 3.51. The zero-order valence-corrected chi connectivity index (χ0v) is 11.9. The highest BCUT2D eigenvalue weighted by atomic mass is 19.1. The monoisotopic (exact) mass is 289 g/mol. The van der Waals surface area contributed by atoms with E-state index in [1.165, 1.54) is 25.0 Å². The molecule has 2 N–H and O–H groups in total. The van der Waals surface area contributed by atoms with Crippen LogP contribution in [0, 0.1) is 5.82 Å². The molecule has 2 heterocycles.